The number of amides is 4. The molecule has 34 heavy (non-hydrogen) atoms. The Morgan fingerprint density at radius 3 is 2.59 bits per heavy atom. The predicted molar refractivity (Wildman–Crippen MR) is 130 cm³/mol. The molecule has 0 unspecified atom stereocenters. The molecule has 1 aliphatic rings. The van der Waals surface area contributed by atoms with Crippen LogP contribution in [0.15, 0.2) is 70.7 Å². The number of nitrogens with zero attached hydrogens (tertiary/aromatic N) is 1. The van der Waals surface area contributed by atoms with Gasteiger partial charge < -0.3 is 4.74 Å². The Labute approximate surface area is 208 Å². The summed E-state index contributed by atoms with van der Waals surface area (Å²) in [4.78, 5) is 39.2. The zero-order chi connectivity index (χ0) is 24.4. The molecule has 0 radical (unpaired) electrons. The maximum absolute atomic E-state index is 14.0. The van der Waals surface area contributed by atoms with Gasteiger partial charge in [-0.1, -0.05) is 45.7 Å². The van der Waals surface area contributed by atoms with Crippen LogP contribution in [0.3, 0.4) is 0 Å². The normalized spacial score (nSPS) is 15.0. The number of halogens is 3. The first-order chi connectivity index (χ1) is 16.2. The van der Waals surface area contributed by atoms with Crippen LogP contribution in [0.1, 0.15) is 16.7 Å². The summed E-state index contributed by atoms with van der Waals surface area (Å²) in [7, 11) is 0. The molecule has 0 atom stereocenters. The number of benzene rings is 3. The van der Waals surface area contributed by atoms with E-state index in [-0.39, 0.29) is 17.9 Å². The Hall–Kier alpha value is -3.49. The number of anilines is 1. The highest BCUT2D eigenvalue weighted by atomic mass is 79.9. The quantitative estimate of drug-likeness (QED) is 0.326. The van der Waals surface area contributed by atoms with Gasteiger partial charge in [-0.25, -0.2) is 14.1 Å². The van der Waals surface area contributed by atoms with E-state index in [1.165, 1.54) is 18.2 Å². The van der Waals surface area contributed by atoms with Gasteiger partial charge in [0.2, 0.25) is 0 Å². The van der Waals surface area contributed by atoms with E-state index < -0.39 is 23.7 Å². The van der Waals surface area contributed by atoms with Crippen LogP contribution in [0.4, 0.5) is 14.9 Å². The van der Waals surface area contributed by atoms with Crippen molar-refractivity contribution in [1.82, 2.24) is 5.32 Å². The van der Waals surface area contributed by atoms with Crippen molar-refractivity contribution in [3.63, 3.8) is 0 Å². The third-order valence-electron chi connectivity index (χ3n) is 5.11. The predicted octanol–water partition coefficient (Wildman–Crippen LogP) is 5.80. The summed E-state index contributed by atoms with van der Waals surface area (Å²) in [6.45, 7) is 1.67. The molecule has 1 N–H and O–H groups in total. The fourth-order valence-corrected chi connectivity index (χ4v) is 4.09. The molecule has 172 valence electrons. The van der Waals surface area contributed by atoms with Gasteiger partial charge in [-0.3, -0.25) is 14.9 Å². The number of carbonyl (C=O) groups excluding carboxylic acids is 3. The summed E-state index contributed by atoms with van der Waals surface area (Å²) in [6, 6.07) is 15.0. The van der Waals surface area contributed by atoms with Gasteiger partial charge >= 0.3 is 6.03 Å². The van der Waals surface area contributed by atoms with Crippen LogP contribution < -0.4 is 15.0 Å². The van der Waals surface area contributed by atoms with Gasteiger partial charge in [0.15, 0.2) is 0 Å². The fraction of sp³-hybridized carbons (Fsp3) is 0.0800. The van der Waals surface area contributed by atoms with E-state index in [9.17, 15) is 18.8 Å². The summed E-state index contributed by atoms with van der Waals surface area (Å²) in [5, 5.41) is 2.53. The largest absolute Gasteiger partial charge is 0.488 e. The van der Waals surface area contributed by atoms with Crippen molar-refractivity contribution in [3.05, 3.63) is 98.2 Å². The van der Waals surface area contributed by atoms with Gasteiger partial charge in [0, 0.05) is 20.6 Å². The molecule has 4 rings (SSSR count). The first kappa shape index (κ1) is 23.7. The number of imide groups is 2. The van der Waals surface area contributed by atoms with E-state index in [0.29, 0.717) is 27.4 Å². The number of nitrogens with one attached hydrogen (secondary N) is 1. The van der Waals surface area contributed by atoms with Crippen molar-refractivity contribution in [2.24, 2.45) is 0 Å². The van der Waals surface area contributed by atoms with Crippen molar-refractivity contribution in [3.8, 4) is 5.75 Å². The number of aryl methyl sites for hydroxylation is 1. The summed E-state index contributed by atoms with van der Waals surface area (Å²) in [5.41, 5.74) is 1.38. The Morgan fingerprint density at radius 1 is 1.09 bits per heavy atom. The number of carbonyl (C=O) groups is 3. The molecule has 0 bridgehead atoms. The van der Waals surface area contributed by atoms with E-state index in [2.05, 4.69) is 21.2 Å². The van der Waals surface area contributed by atoms with Gasteiger partial charge in [0.05, 0.1) is 5.69 Å². The van der Waals surface area contributed by atoms with Crippen molar-refractivity contribution in [1.29, 1.82) is 0 Å². The minimum atomic E-state index is -0.848. The highest BCUT2D eigenvalue weighted by molar-refractivity contribution is 9.10. The van der Waals surface area contributed by atoms with Crippen LogP contribution >= 0.6 is 27.5 Å². The summed E-state index contributed by atoms with van der Waals surface area (Å²) < 4.78 is 20.5. The second-order valence-corrected chi connectivity index (χ2v) is 8.80. The molecule has 0 aromatic heterocycles. The third-order valence-corrected chi connectivity index (χ3v) is 5.84. The molecule has 4 amide bonds. The zero-order valence-corrected chi connectivity index (χ0v) is 20.1. The van der Waals surface area contributed by atoms with E-state index in [1.54, 1.807) is 55.5 Å². The maximum atomic E-state index is 14.0. The van der Waals surface area contributed by atoms with Crippen LogP contribution in [0.5, 0.6) is 5.75 Å². The molecular weight excluding hydrogens is 527 g/mol. The Bertz CT molecular complexity index is 1360. The minimum absolute atomic E-state index is 0.0761. The van der Waals surface area contributed by atoms with Crippen molar-refractivity contribution in [2.75, 3.05) is 4.90 Å². The lowest BCUT2D eigenvalue weighted by atomic mass is 10.0. The number of rotatable bonds is 5. The van der Waals surface area contributed by atoms with Gasteiger partial charge in [-0.15, -0.1) is 0 Å². The van der Waals surface area contributed by atoms with E-state index in [0.717, 1.165) is 9.37 Å². The van der Waals surface area contributed by atoms with E-state index in [4.69, 9.17) is 16.3 Å². The first-order valence-electron chi connectivity index (χ1n) is 10.1. The van der Waals surface area contributed by atoms with Crippen LogP contribution in [-0.4, -0.2) is 17.8 Å². The van der Waals surface area contributed by atoms with E-state index >= 15 is 0 Å². The molecular formula is C25H17BrClFN2O4. The van der Waals surface area contributed by atoms with Gasteiger partial charge in [0.25, 0.3) is 11.8 Å². The molecule has 3 aromatic rings. The van der Waals surface area contributed by atoms with Gasteiger partial charge in [-0.05, 0) is 61.0 Å². The molecule has 1 heterocycles. The average molecular weight is 544 g/mol. The van der Waals surface area contributed by atoms with Crippen molar-refractivity contribution < 1.29 is 23.5 Å². The van der Waals surface area contributed by atoms with Crippen molar-refractivity contribution in [2.45, 2.75) is 13.5 Å². The minimum Gasteiger partial charge on any atom is -0.488 e. The number of ether oxygens (including phenoxy) is 1. The van der Waals surface area contributed by atoms with Crippen LogP contribution in [-0.2, 0) is 16.2 Å². The molecule has 0 saturated carbocycles. The zero-order valence-electron chi connectivity index (χ0n) is 17.8. The topological polar surface area (TPSA) is 75.7 Å². The van der Waals surface area contributed by atoms with Crippen LogP contribution in [0, 0.1) is 12.7 Å². The third kappa shape index (κ3) is 4.88. The van der Waals surface area contributed by atoms with Gasteiger partial charge in [-0.2, -0.15) is 0 Å². The first-order valence-corrected chi connectivity index (χ1v) is 11.2. The summed E-state index contributed by atoms with van der Waals surface area (Å²) in [6.07, 6.45) is 1.30. The number of hydrogen-bond acceptors (Lipinski definition) is 4. The SMILES string of the molecule is Cc1cc(Br)ccc1N1C(=O)NC(=O)/C(=C/c2cc(Cl)ccc2OCc2ccccc2F)C1=O. The molecule has 1 saturated heterocycles. The lowest BCUT2D eigenvalue weighted by Gasteiger charge is -2.27. The van der Waals surface area contributed by atoms with E-state index in [1.807, 2.05) is 0 Å². The molecule has 0 aliphatic carbocycles. The Kier molecular flexibility index (Phi) is 6.81. The number of barbiturate groups is 1. The lowest BCUT2D eigenvalue weighted by Crippen LogP contribution is -2.54. The molecule has 9 heteroatoms. The molecule has 1 aliphatic heterocycles. The maximum Gasteiger partial charge on any atom is 0.335 e. The second-order valence-electron chi connectivity index (χ2n) is 7.45. The standard InChI is InChI=1S/C25H17BrClFN2O4/c1-14-10-17(26)6-8-21(14)30-24(32)19(23(31)29-25(30)33)12-16-11-18(27)7-9-22(16)34-13-15-4-2-3-5-20(15)28/h2-12H,13H2,1H3,(H,29,31,33)/b19-12-. The smallest absolute Gasteiger partial charge is 0.335 e. The highest BCUT2D eigenvalue weighted by Gasteiger charge is 2.37. The average Bonchev–Trinajstić information content (AvgIpc) is 2.78. The fourth-order valence-electron chi connectivity index (χ4n) is 3.44. The summed E-state index contributed by atoms with van der Waals surface area (Å²) in [5.74, 6) is -1.78. The summed E-state index contributed by atoms with van der Waals surface area (Å²) >= 11 is 9.48. The van der Waals surface area contributed by atoms with Gasteiger partial charge in [0.1, 0.15) is 23.7 Å². The lowest BCUT2D eigenvalue weighted by molar-refractivity contribution is -0.122. The molecule has 3 aromatic carbocycles. The molecule has 6 nitrogen and oxygen atoms in total. The Morgan fingerprint density at radius 2 is 1.85 bits per heavy atom. The Balaban J connectivity index is 1.70. The second kappa shape index (κ2) is 9.79. The monoisotopic (exact) mass is 542 g/mol. The number of hydrogen-bond donors (Lipinski definition) is 1. The number of urea groups is 1. The van der Waals surface area contributed by atoms with Crippen LogP contribution in [0.2, 0.25) is 5.02 Å². The van der Waals surface area contributed by atoms with Crippen molar-refractivity contribution >= 4 is 57.1 Å². The molecule has 1 fully saturated rings. The molecule has 0 spiro atoms. The van der Waals surface area contributed by atoms with Crippen LogP contribution in [0.25, 0.3) is 6.08 Å². The highest BCUT2D eigenvalue weighted by Crippen LogP contribution is 2.30.